The fraction of sp³-hybridized carbons (Fsp3) is 0. The summed E-state index contributed by atoms with van der Waals surface area (Å²) in [5, 5.41) is 16.3. The molecule has 0 aliphatic rings. The van der Waals surface area contributed by atoms with Crippen LogP contribution in [0.1, 0.15) is 0 Å². The number of nitrogens with zero attached hydrogens (tertiary/aromatic N) is 1. The summed E-state index contributed by atoms with van der Waals surface area (Å²) in [6, 6.07) is 18.5. The Bertz CT molecular complexity index is 819. The van der Waals surface area contributed by atoms with Gasteiger partial charge in [0.1, 0.15) is 5.69 Å². The highest BCUT2D eigenvalue weighted by Gasteiger charge is 2.19. The normalized spacial score (nSPS) is 10.5. The lowest BCUT2D eigenvalue weighted by molar-refractivity contribution is -0.383. The molecule has 5 heteroatoms. The van der Waals surface area contributed by atoms with E-state index in [9.17, 15) is 10.1 Å². The highest BCUT2D eigenvalue weighted by atomic mass is 79.9. The van der Waals surface area contributed by atoms with Gasteiger partial charge in [-0.25, -0.2) is 0 Å². The lowest BCUT2D eigenvalue weighted by atomic mass is 10.1. The molecular weight excluding hydrogens is 332 g/mol. The first-order chi connectivity index (χ1) is 10.2. The summed E-state index contributed by atoms with van der Waals surface area (Å²) >= 11 is 3.40. The van der Waals surface area contributed by atoms with Gasteiger partial charge in [0, 0.05) is 21.6 Å². The number of nitrogens with one attached hydrogen (secondary N) is 1. The molecule has 1 N–H and O–H groups in total. The van der Waals surface area contributed by atoms with Crippen molar-refractivity contribution in [1.82, 2.24) is 0 Å². The van der Waals surface area contributed by atoms with Crippen LogP contribution in [-0.4, -0.2) is 4.92 Å². The highest BCUT2D eigenvalue weighted by Crippen LogP contribution is 2.39. The van der Waals surface area contributed by atoms with Crippen molar-refractivity contribution < 1.29 is 4.92 Å². The van der Waals surface area contributed by atoms with Gasteiger partial charge >= 0.3 is 0 Å². The quantitative estimate of drug-likeness (QED) is 0.522. The van der Waals surface area contributed by atoms with Crippen molar-refractivity contribution in [2.75, 3.05) is 5.32 Å². The predicted octanol–water partition coefficient (Wildman–Crippen LogP) is 5.25. The Hall–Kier alpha value is -2.40. The van der Waals surface area contributed by atoms with Crippen LogP contribution >= 0.6 is 15.9 Å². The molecule has 3 rings (SSSR count). The fourth-order valence-electron chi connectivity index (χ4n) is 2.26. The third-order valence-electron chi connectivity index (χ3n) is 3.21. The van der Waals surface area contributed by atoms with Gasteiger partial charge in [-0.3, -0.25) is 10.1 Å². The molecule has 0 aromatic heterocycles. The van der Waals surface area contributed by atoms with Crippen molar-refractivity contribution in [2.24, 2.45) is 0 Å². The molecule has 0 bridgehead atoms. The van der Waals surface area contributed by atoms with Crippen molar-refractivity contribution in [3.63, 3.8) is 0 Å². The van der Waals surface area contributed by atoms with Crippen LogP contribution in [0.5, 0.6) is 0 Å². The molecule has 0 unspecified atom stereocenters. The Morgan fingerprint density at radius 3 is 2.24 bits per heavy atom. The van der Waals surface area contributed by atoms with Gasteiger partial charge in [0.2, 0.25) is 0 Å². The summed E-state index contributed by atoms with van der Waals surface area (Å²) in [4.78, 5) is 11.0. The maximum Gasteiger partial charge on any atom is 0.294 e. The Morgan fingerprint density at radius 2 is 1.57 bits per heavy atom. The SMILES string of the molecule is O=[N+]([O-])c1cc(Br)c2ccccc2c1Nc1ccccc1. The molecule has 0 saturated carbocycles. The molecule has 0 saturated heterocycles. The topological polar surface area (TPSA) is 55.2 Å². The van der Waals surface area contributed by atoms with Gasteiger partial charge in [-0.05, 0) is 33.4 Å². The average molecular weight is 343 g/mol. The van der Waals surface area contributed by atoms with Crippen molar-refractivity contribution in [3.8, 4) is 0 Å². The second-order valence-electron chi connectivity index (χ2n) is 4.55. The van der Waals surface area contributed by atoms with Crippen molar-refractivity contribution >= 4 is 43.8 Å². The van der Waals surface area contributed by atoms with Crippen LogP contribution in [0.2, 0.25) is 0 Å². The largest absolute Gasteiger partial charge is 0.349 e. The van der Waals surface area contributed by atoms with E-state index in [4.69, 9.17) is 0 Å². The molecule has 0 amide bonds. The molecule has 4 nitrogen and oxygen atoms in total. The van der Waals surface area contributed by atoms with Crippen LogP contribution in [0.15, 0.2) is 65.1 Å². The lowest BCUT2D eigenvalue weighted by Crippen LogP contribution is -1.98. The molecule has 3 aromatic carbocycles. The maximum absolute atomic E-state index is 11.4. The number of halogens is 1. The first-order valence-electron chi connectivity index (χ1n) is 6.34. The van der Waals surface area contributed by atoms with Crippen LogP contribution in [-0.2, 0) is 0 Å². The summed E-state index contributed by atoms with van der Waals surface area (Å²) in [7, 11) is 0. The molecule has 0 heterocycles. The Morgan fingerprint density at radius 1 is 0.952 bits per heavy atom. The van der Waals surface area contributed by atoms with Crippen molar-refractivity contribution in [2.45, 2.75) is 0 Å². The Labute approximate surface area is 129 Å². The second kappa shape index (κ2) is 5.54. The summed E-state index contributed by atoms with van der Waals surface area (Å²) < 4.78 is 0.711. The molecule has 104 valence electrons. The maximum atomic E-state index is 11.4. The first kappa shape index (κ1) is 13.6. The molecule has 0 radical (unpaired) electrons. The zero-order chi connectivity index (χ0) is 14.8. The third-order valence-corrected chi connectivity index (χ3v) is 3.87. The standard InChI is InChI=1S/C16H11BrN2O2/c17-14-10-15(19(20)21)16(13-9-5-4-8-12(13)14)18-11-6-2-1-3-7-11/h1-10,18H. The molecule has 21 heavy (non-hydrogen) atoms. The molecule has 0 fully saturated rings. The minimum absolute atomic E-state index is 0.0458. The summed E-state index contributed by atoms with van der Waals surface area (Å²) in [6.45, 7) is 0. The Kier molecular flexibility index (Phi) is 3.58. The van der Waals surface area contributed by atoms with Crippen molar-refractivity contribution in [3.05, 3.63) is 75.3 Å². The van der Waals surface area contributed by atoms with Gasteiger partial charge in [0.15, 0.2) is 0 Å². The zero-order valence-corrected chi connectivity index (χ0v) is 12.5. The number of nitro groups is 1. The zero-order valence-electron chi connectivity index (χ0n) is 10.9. The van der Waals surface area contributed by atoms with E-state index in [0.29, 0.717) is 10.2 Å². The van der Waals surface area contributed by atoms with Gasteiger partial charge in [0.05, 0.1) is 4.92 Å². The monoisotopic (exact) mass is 342 g/mol. The average Bonchev–Trinajstić information content (AvgIpc) is 2.51. The highest BCUT2D eigenvalue weighted by molar-refractivity contribution is 9.10. The van der Waals surface area contributed by atoms with E-state index in [1.165, 1.54) is 6.07 Å². The van der Waals surface area contributed by atoms with Gasteiger partial charge in [-0.1, -0.05) is 42.5 Å². The van der Waals surface area contributed by atoms with E-state index >= 15 is 0 Å². The lowest BCUT2D eigenvalue weighted by Gasteiger charge is -2.11. The van der Waals surface area contributed by atoms with E-state index < -0.39 is 0 Å². The summed E-state index contributed by atoms with van der Waals surface area (Å²) in [5.74, 6) is 0. The van der Waals surface area contributed by atoms with Crippen LogP contribution in [0.4, 0.5) is 17.1 Å². The van der Waals surface area contributed by atoms with E-state index in [0.717, 1.165) is 16.5 Å². The van der Waals surface area contributed by atoms with Crippen LogP contribution in [0.25, 0.3) is 10.8 Å². The molecular formula is C16H11BrN2O2. The van der Waals surface area contributed by atoms with Gasteiger partial charge in [0.25, 0.3) is 5.69 Å². The smallest absolute Gasteiger partial charge is 0.294 e. The number of rotatable bonds is 3. The number of para-hydroxylation sites is 1. The van der Waals surface area contributed by atoms with E-state index in [1.54, 1.807) is 0 Å². The van der Waals surface area contributed by atoms with E-state index in [2.05, 4.69) is 21.2 Å². The molecule has 0 aliphatic heterocycles. The third kappa shape index (κ3) is 2.60. The van der Waals surface area contributed by atoms with Crippen LogP contribution in [0.3, 0.4) is 0 Å². The van der Waals surface area contributed by atoms with E-state index in [1.807, 2.05) is 54.6 Å². The number of nitro benzene ring substituents is 1. The van der Waals surface area contributed by atoms with Crippen LogP contribution < -0.4 is 5.32 Å². The first-order valence-corrected chi connectivity index (χ1v) is 7.14. The number of hydrogen-bond donors (Lipinski definition) is 1. The number of hydrogen-bond acceptors (Lipinski definition) is 3. The fourth-order valence-corrected chi connectivity index (χ4v) is 2.82. The number of anilines is 2. The van der Waals surface area contributed by atoms with Gasteiger partial charge in [-0.2, -0.15) is 0 Å². The van der Waals surface area contributed by atoms with Gasteiger partial charge < -0.3 is 5.32 Å². The minimum atomic E-state index is -0.373. The van der Waals surface area contributed by atoms with Crippen molar-refractivity contribution in [1.29, 1.82) is 0 Å². The number of fused-ring (bicyclic) bond motifs is 1. The van der Waals surface area contributed by atoms with Gasteiger partial charge in [-0.15, -0.1) is 0 Å². The predicted molar refractivity (Wildman–Crippen MR) is 88.0 cm³/mol. The second-order valence-corrected chi connectivity index (χ2v) is 5.40. The molecule has 0 spiro atoms. The van der Waals surface area contributed by atoms with E-state index in [-0.39, 0.29) is 10.6 Å². The summed E-state index contributed by atoms with van der Waals surface area (Å²) in [6.07, 6.45) is 0. The molecule has 3 aromatic rings. The number of benzene rings is 3. The molecule has 0 atom stereocenters. The van der Waals surface area contributed by atoms with Crippen LogP contribution in [0, 0.1) is 10.1 Å². The minimum Gasteiger partial charge on any atom is -0.349 e. The Balaban J connectivity index is 2.25. The molecule has 0 aliphatic carbocycles. The summed E-state index contributed by atoms with van der Waals surface area (Å²) in [5.41, 5.74) is 1.36.